The second kappa shape index (κ2) is 6.04. The smallest absolute Gasteiger partial charge is 0.241 e. The number of carbonyl (C=O) groups excluding carboxylic acids is 1. The maximum absolute atomic E-state index is 12.5. The van der Waals surface area contributed by atoms with Crippen LogP contribution in [0.4, 0.5) is 0 Å². The molecule has 116 valence electrons. The van der Waals surface area contributed by atoms with Crippen LogP contribution in [0.25, 0.3) is 0 Å². The van der Waals surface area contributed by atoms with E-state index in [1.54, 1.807) is 11.3 Å². The number of carbonyl (C=O) groups is 1. The Labute approximate surface area is 130 Å². The van der Waals surface area contributed by atoms with E-state index in [0.717, 1.165) is 26.2 Å². The number of amides is 1. The Bertz CT molecular complexity index is 492. The van der Waals surface area contributed by atoms with Crippen molar-refractivity contribution in [1.82, 2.24) is 20.0 Å². The third kappa shape index (κ3) is 2.99. The van der Waals surface area contributed by atoms with E-state index in [1.165, 1.54) is 4.88 Å². The van der Waals surface area contributed by atoms with Crippen molar-refractivity contribution < 1.29 is 4.79 Å². The summed E-state index contributed by atoms with van der Waals surface area (Å²) in [6, 6.07) is 4.47. The minimum atomic E-state index is -0.0938. The number of nitrogens with zero attached hydrogens (tertiary/aromatic N) is 3. The normalized spacial score (nSPS) is 32.0. The summed E-state index contributed by atoms with van der Waals surface area (Å²) in [6.45, 7) is 5.94. The molecule has 2 aliphatic heterocycles. The maximum atomic E-state index is 12.5. The van der Waals surface area contributed by atoms with Gasteiger partial charge in [0.05, 0.1) is 6.04 Å². The Morgan fingerprint density at radius 2 is 2.19 bits per heavy atom. The highest BCUT2D eigenvalue weighted by Crippen LogP contribution is 2.29. The van der Waals surface area contributed by atoms with Crippen LogP contribution < -0.4 is 5.32 Å². The summed E-state index contributed by atoms with van der Waals surface area (Å²) in [7, 11) is 4.32. The van der Waals surface area contributed by atoms with Crippen molar-refractivity contribution in [1.29, 1.82) is 0 Å². The van der Waals surface area contributed by atoms with Gasteiger partial charge in [-0.3, -0.25) is 15.0 Å². The zero-order valence-electron chi connectivity index (χ0n) is 13.0. The molecule has 1 aromatic rings. The fourth-order valence-corrected chi connectivity index (χ4v) is 3.97. The molecule has 0 saturated carbocycles. The van der Waals surface area contributed by atoms with Crippen molar-refractivity contribution in [3.05, 3.63) is 22.4 Å². The van der Waals surface area contributed by atoms with Crippen molar-refractivity contribution in [3.8, 4) is 0 Å². The summed E-state index contributed by atoms with van der Waals surface area (Å²) < 4.78 is 0. The van der Waals surface area contributed by atoms with Crippen LogP contribution >= 0.6 is 11.3 Å². The van der Waals surface area contributed by atoms with Crippen molar-refractivity contribution in [2.45, 2.75) is 25.2 Å². The lowest BCUT2D eigenvalue weighted by molar-refractivity contribution is -0.130. The van der Waals surface area contributed by atoms with E-state index in [2.05, 4.69) is 40.7 Å². The molecule has 2 aliphatic rings. The predicted octanol–water partition coefficient (Wildman–Crippen LogP) is 0.813. The van der Waals surface area contributed by atoms with E-state index in [4.69, 9.17) is 0 Å². The van der Waals surface area contributed by atoms with Gasteiger partial charge in [0.25, 0.3) is 0 Å². The monoisotopic (exact) mass is 308 g/mol. The number of rotatable bonds is 3. The molecule has 1 amide bonds. The second-order valence-corrected chi connectivity index (χ2v) is 7.17. The molecular formula is C15H24N4OS. The molecule has 1 aromatic heterocycles. The molecule has 6 heteroatoms. The standard InChI is InChI=1S/C15H24N4OS/c1-11-15(20)19(14(16-11)13-5-4-8-21-13)10-12-9-17(2)6-7-18(12)3/h4-5,8,11-12,14,16H,6-7,9-10H2,1-3H3. The van der Waals surface area contributed by atoms with Crippen molar-refractivity contribution >= 4 is 17.2 Å². The van der Waals surface area contributed by atoms with Crippen LogP contribution in [0.2, 0.25) is 0 Å². The Morgan fingerprint density at radius 1 is 1.38 bits per heavy atom. The van der Waals surface area contributed by atoms with Gasteiger partial charge in [0, 0.05) is 37.1 Å². The van der Waals surface area contributed by atoms with Crippen LogP contribution in [0.1, 0.15) is 18.0 Å². The molecule has 0 aromatic carbocycles. The second-order valence-electron chi connectivity index (χ2n) is 6.19. The van der Waals surface area contributed by atoms with Gasteiger partial charge in [-0.1, -0.05) is 6.07 Å². The lowest BCUT2D eigenvalue weighted by Crippen LogP contribution is -2.55. The van der Waals surface area contributed by atoms with Gasteiger partial charge >= 0.3 is 0 Å². The number of likely N-dealkylation sites (N-methyl/N-ethyl adjacent to an activating group) is 2. The zero-order valence-corrected chi connectivity index (χ0v) is 13.8. The minimum absolute atomic E-state index is 0.0353. The number of nitrogens with one attached hydrogen (secondary N) is 1. The molecule has 21 heavy (non-hydrogen) atoms. The molecule has 0 radical (unpaired) electrons. The molecule has 0 aliphatic carbocycles. The fraction of sp³-hybridized carbons (Fsp3) is 0.667. The van der Waals surface area contributed by atoms with E-state index in [-0.39, 0.29) is 18.1 Å². The predicted molar refractivity (Wildman–Crippen MR) is 85.3 cm³/mol. The first-order valence-electron chi connectivity index (χ1n) is 7.55. The van der Waals surface area contributed by atoms with Crippen LogP contribution in [0.5, 0.6) is 0 Å². The molecule has 3 rings (SSSR count). The minimum Gasteiger partial charge on any atom is -0.319 e. The first-order chi connectivity index (χ1) is 10.1. The molecule has 3 unspecified atom stereocenters. The van der Waals surface area contributed by atoms with E-state index in [0.29, 0.717) is 6.04 Å². The van der Waals surface area contributed by atoms with Crippen LogP contribution in [0.15, 0.2) is 17.5 Å². The van der Waals surface area contributed by atoms with Crippen molar-refractivity contribution in [2.24, 2.45) is 0 Å². The van der Waals surface area contributed by atoms with Gasteiger partial charge in [0.2, 0.25) is 5.91 Å². The number of hydrogen-bond donors (Lipinski definition) is 1. The lowest BCUT2D eigenvalue weighted by atomic mass is 10.1. The summed E-state index contributed by atoms with van der Waals surface area (Å²) in [5.41, 5.74) is 0. The summed E-state index contributed by atoms with van der Waals surface area (Å²) in [4.78, 5) is 20.5. The zero-order chi connectivity index (χ0) is 15.0. The van der Waals surface area contributed by atoms with Gasteiger partial charge < -0.3 is 9.80 Å². The summed E-state index contributed by atoms with van der Waals surface area (Å²) in [6.07, 6.45) is 0.0353. The average Bonchev–Trinajstić information content (AvgIpc) is 3.06. The van der Waals surface area contributed by atoms with Gasteiger partial charge in [-0.2, -0.15) is 0 Å². The molecule has 5 nitrogen and oxygen atoms in total. The summed E-state index contributed by atoms with van der Waals surface area (Å²) in [5.74, 6) is 0.218. The Morgan fingerprint density at radius 3 is 2.90 bits per heavy atom. The van der Waals surface area contributed by atoms with Crippen LogP contribution in [0, 0.1) is 0 Å². The SMILES string of the molecule is CC1NC(c2cccs2)N(CC2CN(C)CCN2C)C1=O. The van der Waals surface area contributed by atoms with Gasteiger partial charge in [0.15, 0.2) is 0 Å². The highest BCUT2D eigenvalue weighted by molar-refractivity contribution is 7.10. The average molecular weight is 308 g/mol. The van der Waals surface area contributed by atoms with Crippen LogP contribution in [-0.4, -0.2) is 73.0 Å². The molecule has 2 fully saturated rings. The molecule has 3 heterocycles. The number of hydrogen-bond acceptors (Lipinski definition) is 5. The summed E-state index contributed by atoms with van der Waals surface area (Å²) in [5, 5.41) is 5.50. The molecule has 3 atom stereocenters. The molecule has 2 saturated heterocycles. The highest BCUT2D eigenvalue weighted by atomic mass is 32.1. The maximum Gasteiger partial charge on any atom is 0.241 e. The molecular weight excluding hydrogens is 284 g/mol. The molecule has 0 spiro atoms. The van der Waals surface area contributed by atoms with E-state index < -0.39 is 0 Å². The number of piperazine rings is 1. The van der Waals surface area contributed by atoms with E-state index in [9.17, 15) is 4.79 Å². The highest BCUT2D eigenvalue weighted by Gasteiger charge is 2.39. The van der Waals surface area contributed by atoms with Crippen molar-refractivity contribution in [2.75, 3.05) is 40.3 Å². The topological polar surface area (TPSA) is 38.8 Å². The first-order valence-corrected chi connectivity index (χ1v) is 8.43. The van der Waals surface area contributed by atoms with Gasteiger partial charge in [-0.25, -0.2) is 0 Å². The van der Waals surface area contributed by atoms with Crippen molar-refractivity contribution in [3.63, 3.8) is 0 Å². The Kier molecular flexibility index (Phi) is 4.31. The van der Waals surface area contributed by atoms with Crippen LogP contribution in [-0.2, 0) is 4.79 Å². The van der Waals surface area contributed by atoms with Crippen LogP contribution in [0.3, 0.4) is 0 Å². The first kappa shape index (κ1) is 15.0. The van der Waals surface area contributed by atoms with Gasteiger partial charge in [0.1, 0.15) is 6.17 Å². The Balaban J connectivity index is 1.76. The third-order valence-corrected chi connectivity index (χ3v) is 5.50. The Hall–Kier alpha value is -0.950. The largest absolute Gasteiger partial charge is 0.319 e. The van der Waals surface area contributed by atoms with Gasteiger partial charge in [-0.05, 0) is 32.5 Å². The summed E-state index contributed by atoms with van der Waals surface area (Å²) >= 11 is 1.71. The number of thiophene rings is 1. The van der Waals surface area contributed by atoms with E-state index >= 15 is 0 Å². The molecule has 0 bridgehead atoms. The third-order valence-electron chi connectivity index (χ3n) is 4.57. The molecule has 1 N–H and O–H groups in total. The van der Waals surface area contributed by atoms with E-state index in [1.807, 2.05) is 17.9 Å². The fourth-order valence-electron chi connectivity index (χ4n) is 3.18. The lowest BCUT2D eigenvalue weighted by Gasteiger charge is -2.40. The quantitative estimate of drug-likeness (QED) is 0.897. The van der Waals surface area contributed by atoms with Gasteiger partial charge in [-0.15, -0.1) is 11.3 Å².